The first-order valence-corrected chi connectivity index (χ1v) is 4.22. The summed E-state index contributed by atoms with van der Waals surface area (Å²) in [5, 5.41) is 3.25. The zero-order valence-electron chi connectivity index (χ0n) is 6.60. The molecule has 0 aromatic heterocycles. The molecule has 3 heteroatoms. The molecule has 62 valence electrons. The second kappa shape index (κ2) is 3.67. The summed E-state index contributed by atoms with van der Waals surface area (Å²) in [5.41, 5.74) is 7.49. The molecule has 2 nitrogen and oxygen atoms in total. The number of nitrogens with two attached hydrogens (primary N) is 1. The number of halogens is 1. The number of allylic oxidation sites excluding steroid dienone is 3. The van der Waals surface area contributed by atoms with E-state index in [1.165, 1.54) is 0 Å². The summed E-state index contributed by atoms with van der Waals surface area (Å²) >= 11 is 5.90. The van der Waals surface area contributed by atoms with Crippen LogP contribution in [-0.4, -0.2) is 11.9 Å². The van der Waals surface area contributed by atoms with Gasteiger partial charge in [-0.2, -0.15) is 0 Å². The Morgan fingerprint density at radius 2 is 2.55 bits per heavy atom. The van der Waals surface area contributed by atoms with Crippen LogP contribution in [0.1, 0.15) is 13.3 Å². The normalized spacial score (nSPS) is 24.0. The predicted molar refractivity (Wildman–Crippen MR) is 48.3 cm³/mol. The lowest BCUT2D eigenvalue weighted by atomic mass is 10.1. The fourth-order valence-corrected chi connectivity index (χ4v) is 1.45. The Morgan fingerprint density at radius 1 is 1.82 bits per heavy atom. The summed E-state index contributed by atoms with van der Waals surface area (Å²) in [4.78, 5) is 0. The number of nitrogens with one attached hydrogen (secondary N) is 1. The molecule has 11 heavy (non-hydrogen) atoms. The highest BCUT2D eigenvalue weighted by Gasteiger charge is 2.09. The Morgan fingerprint density at radius 3 is 3.09 bits per heavy atom. The molecule has 0 bridgehead atoms. The zero-order chi connectivity index (χ0) is 8.27. The molecule has 0 aliphatic heterocycles. The van der Waals surface area contributed by atoms with Gasteiger partial charge in [0.15, 0.2) is 0 Å². The third kappa shape index (κ3) is 2.46. The third-order valence-electron chi connectivity index (χ3n) is 1.53. The Labute approximate surface area is 72.1 Å². The van der Waals surface area contributed by atoms with Gasteiger partial charge in [0, 0.05) is 24.4 Å². The van der Waals surface area contributed by atoms with E-state index in [2.05, 4.69) is 12.2 Å². The maximum Gasteiger partial charge on any atom is 0.0593 e. The fourth-order valence-electron chi connectivity index (χ4n) is 1.14. The van der Waals surface area contributed by atoms with E-state index in [-0.39, 0.29) is 5.38 Å². The smallest absolute Gasteiger partial charge is 0.0593 e. The lowest BCUT2D eigenvalue weighted by molar-refractivity contribution is 0.771. The maximum absolute atomic E-state index is 5.90. The van der Waals surface area contributed by atoms with Crippen LogP contribution in [0.2, 0.25) is 0 Å². The van der Waals surface area contributed by atoms with Crippen LogP contribution < -0.4 is 11.1 Å². The van der Waals surface area contributed by atoms with Gasteiger partial charge in [-0.25, -0.2) is 0 Å². The minimum absolute atomic E-state index is 0.0500. The Hall–Kier alpha value is -0.630. The largest absolute Gasteiger partial charge is 0.399 e. The van der Waals surface area contributed by atoms with Gasteiger partial charge in [0.25, 0.3) is 0 Å². The Balaban J connectivity index is 2.60. The zero-order valence-corrected chi connectivity index (χ0v) is 7.36. The van der Waals surface area contributed by atoms with Crippen LogP contribution in [0.4, 0.5) is 0 Å². The number of alkyl halides is 1. The molecule has 1 aliphatic carbocycles. The minimum Gasteiger partial charge on any atom is -0.399 e. The Bertz CT molecular complexity index is 196. The van der Waals surface area contributed by atoms with Crippen LogP contribution in [0, 0.1) is 0 Å². The molecule has 0 aromatic carbocycles. The van der Waals surface area contributed by atoms with Crippen molar-refractivity contribution < 1.29 is 0 Å². The molecule has 1 atom stereocenters. The van der Waals surface area contributed by atoms with E-state index >= 15 is 0 Å². The van der Waals surface area contributed by atoms with Crippen LogP contribution in [0.3, 0.4) is 0 Å². The average Bonchev–Trinajstić information content (AvgIpc) is 1.85. The number of hydrogen-bond donors (Lipinski definition) is 2. The molecular formula is C8H13ClN2. The van der Waals surface area contributed by atoms with E-state index < -0.39 is 0 Å². The summed E-state index contributed by atoms with van der Waals surface area (Å²) in [5.74, 6) is 0. The van der Waals surface area contributed by atoms with Gasteiger partial charge in [0.1, 0.15) is 0 Å². The molecule has 3 N–H and O–H groups in total. The first-order chi connectivity index (χ1) is 5.22. The third-order valence-corrected chi connectivity index (χ3v) is 1.81. The van der Waals surface area contributed by atoms with Gasteiger partial charge >= 0.3 is 0 Å². The van der Waals surface area contributed by atoms with E-state index in [9.17, 15) is 0 Å². The number of hydrogen-bond acceptors (Lipinski definition) is 2. The Kier molecular flexibility index (Phi) is 2.83. The number of rotatable bonds is 2. The van der Waals surface area contributed by atoms with E-state index in [0.717, 1.165) is 24.4 Å². The monoisotopic (exact) mass is 172 g/mol. The summed E-state index contributed by atoms with van der Waals surface area (Å²) in [6.07, 6.45) is 4.65. The van der Waals surface area contributed by atoms with Crippen LogP contribution >= 0.6 is 11.6 Å². The molecule has 1 rings (SSSR count). The summed E-state index contributed by atoms with van der Waals surface area (Å²) in [6, 6.07) is 0. The SMILES string of the molecule is CCNC1=CC(N)=CC(Cl)C1. The van der Waals surface area contributed by atoms with E-state index in [1.807, 2.05) is 12.2 Å². The van der Waals surface area contributed by atoms with Gasteiger partial charge < -0.3 is 11.1 Å². The van der Waals surface area contributed by atoms with Crippen molar-refractivity contribution in [3.63, 3.8) is 0 Å². The molecule has 0 spiro atoms. The highest BCUT2D eigenvalue weighted by atomic mass is 35.5. The van der Waals surface area contributed by atoms with Gasteiger partial charge in [-0.1, -0.05) is 0 Å². The van der Waals surface area contributed by atoms with Crippen LogP contribution in [-0.2, 0) is 0 Å². The quantitative estimate of drug-likeness (QED) is 0.617. The molecule has 0 amide bonds. The van der Waals surface area contributed by atoms with Crippen LogP contribution in [0.15, 0.2) is 23.5 Å². The van der Waals surface area contributed by atoms with Gasteiger partial charge in [0.2, 0.25) is 0 Å². The molecule has 0 saturated carbocycles. The molecule has 0 saturated heterocycles. The molecule has 0 aromatic rings. The molecule has 1 aliphatic rings. The standard InChI is InChI=1S/C8H13ClN2/c1-2-11-8-4-6(9)3-7(10)5-8/h3,5-6,11H,2,4,10H2,1H3. The maximum atomic E-state index is 5.90. The first-order valence-electron chi connectivity index (χ1n) is 3.78. The highest BCUT2D eigenvalue weighted by Crippen LogP contribution is 2.17. The molecular weight excluding hydrogens is 160 g/mol. The molecule has 0 fully saturated rings. The van der Waals surface area contributed by atoms with Crippen LogP contribution in [0.5, 0.6) is 0 Å². The van der Waals surface area contributed by atoms with E-state index in [1.54, 1.807) is 0 Å². The average molecular weight is 173 g/mol. The molecule has 0 heterocycles. The fraction of sp³-hybridized carbons (Fsp3) is 0.500. The molecule has 1 unspecified atom stereocenters. The van der Waals surface area contributed by atoms with E-state index in [0.29, 0.717) is 0 Å². The van der Waals surface area contributed by atoms with Crippen molar-refractivity contribution in [1.29, 1.82) is 0 Å². The van der Waals surface area contributed by atoms with Crippen LogP contribution in [0.25, 0.3) is 0 Å². The van der Waals surface area contributed by atoms with Crippen molar-refractivity contribution >= 4 is 11.6 Å². The van der Waals surface area contributed by atoms with Gasteiger partial charge in [-0.15, -0.1) is 11.6 Å². The van der Waals surface area contributed by atoms with Gasteiger partial charge in [-0.3, -0.25) is 0 Å². The molecule has 0 radical (unpaired) electrons. The van der Waals surface area contributed by atoms with E-state index in [4.69, 9.17) is 17.3 Å². The van der Waals surface area contributed by atoms with Crippen molar-refractivity contribution in [2.24, 2.45) is 5.73 Å². The minimum atomic E-state index is 0.0500. The lowest BCUT2D eigenvalue weighted by Crippen LogP contribution is -2.19. The lowest BCUT2D eigenvalue weighted by Gasteiger charge is -2.16. The van der Waals surface area contributed by atoms with Gasteiger partial charge in [-0.05, 0) is 19.1 Å². The topological polar surface area (TPSA) is 38.0 Å². The highest BCUT2D eigenvalue weighted by molar-refractivity contribution is 6.22. The summed E-state index contributed by atoms with van der Waals surface area (Å²) in [7, 11) is 0. The second-order valence-corrected chi connectivity index (χ2v) is 3.15. The first kappa shape index (κ1) is 8.47. The second-order valence-electron chi connectivity index (χ2n) is 2.59. The van der Waals surface area contributed by atoms with Crippen molar-refractivity contribution in [3.05, 3.63) is 23.5 Å². The van der Waals surface area contributed by atoms with Gasteiger partial charge in [0.05, 0.1) is 5.38 Å². The van der Waals surface area contributed by atoms with Crippen molar-refractivity contribution in [2.75, 3.05) is 6.54 Å². The predicted octanol–water partition coefficient (Wildman–Crippen LogP) is 1.33. The van der Waals surface area contributed by atoms with Crippen molar-refractivity contribution in [2.45, 2.75) is 18.7 Å². The van der Waals surface area contributed by atoms with Crippen molar-refractivity contribution in [3.8, 4) is 0 Å². The summed E-state index contributed by atoms with van der Waals surface area (Å²) < 4.78 is 0. The summed E-state index contributed by atoms with van der Waals surface area (Å²) in [6.45, 7) is 2.97. The van der Waals surface area contributed by atoms with Crippen molar-refractivity contribution in [1.82, 2.24) is 5.32 Å².